The highest BCUT2D eigenvalue weighted by atomic mass is 35.5. The average molecular weight is 390 g/mol. The van der Waals surface area contributed by atoms with Gasteiger partial charge < -0.3 is 25.0 Å². The summed E-state index contributed by atoms with van der Waals surface area (Å²) in [6, 6.07) is 11.5. The van der Waals surface area contributed by atoms with Gasteiger partial charge in [0, 0.05) is 24.7 Å². The first-order valence-electron chi connectivity index (χ1n) is 8.36. The number of hydrogen-bond acceptors (Lipinski definition) is 4. The average Bonchev–Trinajstić information content (AvgIpc) is 3.03. The van der Waals surface area contributed by atoms with Crippen LogP contribution in [-0.4, -0.2) is 38.7 Å². The van der Waals surface area contributed by atoms with Gasteiger partial charge in [-0.25, -0.2) is 4.79 Å². The Morgan fingerprint density at radius 2 is 1.89 bits per heavy atom. The summed E-state index contributed by atoms with van der Waals surface area (Å²) in [7, 11) is 3.09. The van der Waals surface area contributed by atoms with Gasteiger partial charge in [-0.1, -0.05) is 23.7 Å². The lowest BCUT2D eigenvalue weighted by atomic mass is 10.2. The van der Waals surface area contributed by atoms with Crippen molar-refractivity contribution in [2.75, 3.05) is 31.0 Å². The lowest BCUT2D eigenvalue weighted by Gasteiger charge is -2.19. The van der Waals surface area contributed by atoms with Crippen molar-refractivity contribution in [2.45, 2.75) is 12.5 Å². The summed E-state index contributed by atoms with van der Waals surface area (Å²) < 4.78 is 10.5. The number of para-hydroxylation sites is 1. The first kappa shape index (κ1) is 18.8. The van der Waals surface area contributed by atoms with Crippen LogP contribution in [0.4, 0.5) is 16.2 Å². The third kappa shape index (κ3) is 4.25. The number of carbonyl (C=O) groups excluding carboxylic acids is 2. The molecule has 1 aliphatic rings. The Morgan fingerprint density at radius 3 is 2.59 bits per heavy atom. The molecular formula is C19H20ClN3O4. The molecule has 2 aromatic carbocycles. The third-order valence-electron chi connectivity index (χ3n) is 4.26. The van der Waals surface area contributed by atoms with Crippen LogP contribution in [0.5, 0.6) is 11.5 Å². The maximum absolute atomic E-state index is 12.4. The Kier molecular flexibility index (Phi) is 5.71. The van der Waals surface area contributed by atoms with Gasteiger partial charge in [-0.3, -0.25) is 4.79 Å². The highest BCUT2D eigenvalue weighted by Gasteiger charge is 2.32. The summed E-state index contributed by atoms with van der Waals surface area (Å²) in [6.07, 6.45) is 0.213. The Balaban J connectivity index is 1.65. The molecule has 0 spiro atoms. The molecule has 1 saturated heterocycles. The van der Waals surface area contributed by atoms with E-state index in [1.54, 1.807) is 54.5 Å². The molecule has 0 aliphatic carbocycles. The molecule has 0 saturated carbocycles. The molecule has 1 fully saturated rings. The van der Waals surface area contributed by atoms with Crippen molar-refractivity contribution >= 4 is 34.9 Å². The molecule has 1 aliphatic heterocycles. The topological polar surface area (TPSA) is 79.9 Å². The fourth-order valence-corrected chi connectivity index (χ4v) is 3.14. The first-order chi connectivity index (χ1) is 13.0. The molecule has 1 unspecified atom stereocenters. The van der Waals surface area contributed by atoms with E-state index in [1.165, 1.54) is 7.11 Å². The van der Waals surface area contributed by atoms with Gasteiger partial charge in [-0.05, 0) is 24.3 Å². The Labute approximate surface area is 162 Å². The number of benzene rings is 2. The van der Waals surface area contributed by atoms with Crippen LogP contribution >= 0.6 is 11.6 Å². The van der Waals surface area contributed by atoms with E-state index in [-0.39, 0.29) is 18.4 Å². The van der Waals surface area contributed by atoms with Gasteiger partial charge >= 0.3 is 6.03 Å². The van der Waals surface area contributed by atoms with Crippen LogP contribution < -0.4 is 25.0 Å². The highest BCUT2D eigenvalue weighted by Crippen LogP contribution is 2.33. The monoisotopic (exact) mass is 389 g/mol. The van der Waals surface area contributed by atoms with E-state index in [4.69, 9.17) is 21.1 Å². The summed E-state index contributed by atoms with van der Waals surface area (Å²) in [4.78, 5) is 26.2. The number of halogens is 1. The Hall–Kier alpha value is -2.93. The number of urea groups is 1. The minimum Gasteiger partial charge on any atom is -0.493 e. The smallest absolute Gasteiger partial charge is 0.319 e. The van der Waals surface area contributed by atoms with Gasteiger partial charge in [0.15, 0.2) is 11.5 Å². The quantitative estimate of drug-likeness (QED) is 0.822. The SMILES string of the molecule is COc1ccc(N2CC(NC(=O)Nc3ccccc3Cl)CC2=O)cc1OC. The van der Waals surface area contributed by atoms with E-state index < -0.39 is 6.03 Å². The van der Waals surface area contributed by atoms with Crippen LogP contribution in [0.1, 0.15) is 6.42 Å². The maximum atomic E-state index is 12.4. The Morgan fingerprint density at radius 1 is 1.15 bits per heavy atom. The van der Waals surface area contributed by atoms with E-state index in [9.17, 15) is 9.59 Å². The van der Waals surface area contributed by atoms with Gasteiger partial charge in [-0.2, -0.15) is 0 Å². The van der Waals surface area contributed by atoms with Gasteiger partial charge in [0.2, 0.25) is 5.91 Å². The molecule has 3 amide bonds. The maximum Gasteiger partial charge on any atom is 0.319 e. The number of amides is 3. The van der Waals surface area contributed by atoms with Crippen molar-refractivity contribution in [2.24, 2.45) is 0 Å². The largest absolute Gasteiger partial charge is 0.493 e. The number of nitrogens with zero attached hydrogens (tertiary/aromatic N) is 1. The van der Waals surface area contributed by atoms with Gasteiger partial charge in [0.25, 0.3) is 0 Å². The second-order valence-corrected chi connectivity index (χ2v) is 6.43. The lowest BCUT2D eigenvalue weighted by Crippen LogP contribution is -2.39. The van der Waals surface area contributed by atoms with Crippen LogP contribution in [-0.2, 0) is 4.79 Å². The molecule has 27 heavy (non-hydrogen) atoms. The highest BCUT2D eigenvalue weighted by molar-refractivity contribution is 6.33. The van der Waals surface area contributed by atoms with E-state index in [0.29, 0.717) is 34.4 Å². The molecule has 142 valence electrons. The zero-order chi connectivity index (χ0) is 19.4. The Bertz CT molecular complexity index is 859. The molecule has 8 heteroatoms. The molecule has 0 radical (unpaired) electrons. The number of ether oxygens (including phenoxy) is 2. The van der Waals surface area contributed by atoms with Crippen LogP contribution in [0, 0.1) is 0 Å². The van der Waals surface area contributed by atoms with E-state index in [1.807, 2.05) is 0 Å². The number of hydrogen-bond donors (Lipinski definition) is 2. The number of rotatable bonds is 5. The van der Waals surface area contributed by atoms with Crippen molar-refractivity contribution in [3.63, 3.8) is 0 Å². The van der Waals surface area contributed by atoms with E-state index in [2.05, 4.69) is 10.6 Å². The second kappa shape index (κ2) is 8.18. The van der Waals surface area contributed by atoms with Crippen molar-refractivity contribution in [1.29, 1.82) is 0 Å². The molecule has 1 atom stereocenters. The summed E-state index contributed by atoms with van der Waals surface area (Å²) in [5.41, 5.74) is 1.20. The molecular weight excluding hydrogens is 370 g/mol. The minimum absolute atomic E-state index is 0.0785. The fraction of sp³-hybridized carbons (Fsp3) is 0.263. The molecule has 7 nitrogen and oxygen atoms in total. The fourth-order valence-electron chi connectivity index (χ4n) is 2.95. The van der Waals surface area contributed by atoms with Crippen molar-refractivity contribution < 1.29 is 19.1 Å². The normalized spacial score (nSPS) is 16.2. The van der Waals surface area contributed by atoms with E-state index in [0.717, 1.165) is 0 Å². The molecule has 3 rings (SSSR count). The summed E-state index contributed by atoms with van der Waals surface area (Å²) >= 11 is 6.04. The van der Waals surface area contributed by atoms with Crippen molar-refractivity contribution in [1.82, 2.24) is 5.32 Å². The summed E-state index contributed by atoms with van der Waals surface area (Å²) in [5, 5.41) is 5.95. The van der Waals surface area contributed by atoms with Crippen LogP contribution in [0.15, 0.2) is 42.5 Å². The zero-order valence-corrected chi connectivity index (χ0v) is 15.7. The van der Waals surface area contributed by atoms with Gasteiger partial charge in [0.1, 0.15) is 0 Å². The molecule has 2 aromatic rings. The van der Waals surface area contributed by atoms with Gasteiger partial charge in [0.05, 0.1) is 31.0 Å². The zero-order valence-electron chi connectivity index (χ0n) is 15.0. The van der Waals surface area contributed by atoms with E-state index >= 15 is 0 Å². The van der Waals surface area contributed by atoms with Gasteiger partial charge in [-0.15, -0.1) is 0 Å². The molecule has 1 heterocycles. The minimum atomic E-state index is -0.407. The lowest BCUT2D eigenvalue weighted by molar-refractivity contribution is -0.117. The van der Waals surface area contributed by atoms with Crippen LogP contribution in [0.3, 0.4) is 0 Å². The molecule has 2 N–H and O–H groups in total. The predicted octanol–water partition coefficient (Wildman–Crippen LogP) is 3.28. The van der Waals surface area contributed by atoms with Crippen molar-refractivity contribution in [3.05, 3.63) is 47.5 Å². The number of nitrogens with one attached hydrogen (secondary N) is 2. The van der Waals surface area contributed by atoms with Crippen LogP contribution in [0.2, 0.25) is 5.02 Å². The third-order valence-corrected chi connectivity index (χ3v) is 4.59. The summed E-state index contributed by atoms with van der Waals surface area (Å²) in [6.45, 7) is 0.365. The molecule has 0 aromatic heterocycles. The number of methoxy groups -OCH3 is 2. The number of anilines is 2. The standard InChI is InChI=1S/C19H20ClN3O4/c1-26-16-8-7-13(10-17(16)27-2)23-11-12(9-18(23)24)21-19(25)22-15-6-4-3-5-14(15)20/h3-8,10,12H,9,11H2,1-2H3,(H2,21,22,25). The predicted molar refractivity (Wildman–Crippen MR) is 104 cm³/mol. The molecule has 0 bridgehead atoms. The van der Waals surface area contributed by atoms with Crippen molar-refractivity contribution in [3.8, 4) is 11.5 Å². The second-order valence-electron chi connectivity index (χ2n) is 6.02. The summed E-state index contributed by atoms with van der Waals surface area (Å²) in [5.74, 6) is 1.04. The first-order valence-corrected chi connectivity index (χ1v) is 8.74. The number of carbonyl (C=O) groups is 2. The van der Waals surface area contributed by atoms with Crippen LogP contribution in [0.25, 0.3) is 0 Å².